The normalized spacial score (nSPS) is 23.6. The van der Waals surface area contributed by atoms with Crippen molar-refractivity contribution in [3.63, 3.8) is 0 Å². The van der Waals surface area contributed by atoms with Crippen LogP contribution in [-0.4, -0.2) is 28.8 Å². The highest BCUT2D eigenvalue weighted by atomic mass is 32.2. The second kappa shape index (κ2) is 5.93. The first-order chi connectivity index (χ1) is 9.74. The first-order valence-electron chi connectivity index (χ1n) is 6.89. The van der Waals surface area contributed by atoms with E-state index in [1.165, 1.54) is 17.9 Å². The van der Waals surface area contributed by atoms with Crippen LogP contribution in [0.25, 0.3) is 0 Å². The van der Waals surface area contributed by atoms with Crippen LogP contribution in [0.3, 0.4) is 0 Å². The van der Waals surface area contributed by atoms with Gasteiger partial charge < -0.3 is 5.32 Å². The van der Waals surface area contributed by atoms with Gasteiger partial charge in [0.25, 0.3) is 5.69 Å². The van der Waals surface area contributed by atoms with Gasteiger partial charge in [-0.15, -0.1) is 11.8 Å². The summed E-state index contributed by atoms with van der Waals surface area (Å²) in [6.45, 7) is 2.15. The van der Waals surface area contributed by atoms with Crippen molar-refractivity contribution >= 4 is 22.5 Å². The fraction of sp³-hybridized carbons (Fsp3) is 0.500. The van der Waals surface area contributed by atoms with Gasteiger partial charge in [0.15, 0.2) is 0 Å². The van der Waals surface area contributed by atoms with Crippen LogP contribution in [0.15, 0.2) is 29.3 Å². The maximum absolute atomic E-state index is 10.7. The van der Waals surface area contributed by atoms with E-state index in [2.05, 4.69) is 5.32 Å². The Morgan fingerprint density at radius 2 is 1.95 bits per heavy atom. The monoisotopic (exact) mass is 291 g/mol. The molecule has 1 aromatic rings. The van der Waals surface area contributed by atoms with Crippen LogP contribution in [0, 0.1) is 16.0 Å². The highest BCUT2D eigenvalue weighted by molar-refractivity contribution is 8.14. The predicted octanol–water partition coefficient (Wildman–Crippen LogP) is 2.78. The van der Waals surface area contributed by atoms with Crippen LogP contribution < -0.4 is 5.32 Å². The summed E-state index contributed by atoms with van der Waals surface area (Å²) in [7, 11) is 0. The number of hydrogen-bond donors (Lipinski definition) is 1. The van der Waals surface area contributed by atoms with E-state index in [1.807, 2.05) is 23.9 Å². The molecule has 0 aliphatic carbocycles. The molecule has 106 valence electrons. The van der Waals surface area contributed by atoms with Crippen molar-refractivity contribution in [2.45, 2.75) is 18.9 Å². The van der Waals surface area contributed by atoms with Gasteiger partial charge in [-0.05, 0) is 31.5 Å². The molecule has 0 bridgehead atoms. The first-order valence-corrected chi connectivity index (χ1v) is 7.88. The second-order valence-corrected chi connectivity index (χ2v) is 6.21. The summed E-state index contributed by atoms with van der Waals surface area (Å²) < 4.78 is 0. The fourth-order valence-electron chi connectivity index (χ4n) is 2.67. The maximum atomic E-state index is 10.7. The Labute approximate surface area is 122 Å². The zero-order valence-electron chi connectivity index (χ0n) is 11.1. The van der Waals surface area contributed by atoms with Crippen molar-refractivity contribution in [3.8, 4) is 0 Å². The van der Waals surface area contributed by atoms with Crippen molar-refractivity contribution < 1.29 is 4.92 Å². The van der Waals surface area contributed by atoms with Crippen molar-refractivity contribution in [3.05, 3.63) is 39.9 Å². The predicted molar refractivity (Wildman–Crippen MR) is 81.3 cm³/mol. The Bertz CT molecular complexity index is 524. The Hall–Kier alpha value is -1.40. The molecule has 1 aromatic carbocycles. The molecule has 0 radical (unpaired) electrons. The second-order valence-electron chi connectivity index (χ2n) is 5.17. The first kappa shape index (κ1) is 13.6. The van der Waals surface area contributed by atoms with Crippen LogP contribution in [0.4, 0.5) is 5.69 Å². The summed E-state index contributed by atoms with van der Waals surface area (Å²) in [5.74, 6) is 1.56. The minimum atomic E-state index is -0.364. The van der Waals surface area contributed by atoms with Gasteiger partial charge in [-0.1, -0.05) is 12.1 Å². The molecule has 20 heavy (non-hydrogen) atoms. The van der Waals surface area contributed by atoms with Gasteiger partial charge in [0, 0.05) is 23.8 Å². The van der Waals surface area contributed by atoms with E-state index in [1.54, 1.807) is 12.1 Å². The standard InChI is InChI=1S/C14H17N3O2S/c18-17(19)12-3-1-10(2-4-12)13-9-20-14(16-13)11-5-7-15-8-6-11/h1-4,11,13,15H,5-9H2. The summed E-state index contributed by atoms with van der Waals surface area (Å²) in [5, 5.41) is 15.3. The molecule has 5 nitrogen and oxygen atoms in total. The van der Waals surface area contributed by atoms with Gasteiger partial charge in [-0.3, -0.25) is 15.1 Å². The summed E-state index contributed by atoms with van der Waals surface area (Å²) in [4.78, 5) is 15.1. The molecule has 1 fully saturated rings. The number of thioether (sulfide) groups is 1. The fourth-order valence-corrected chi connectivity index (χ4v) is 3.94. The number of hydrogen-bond acceptors (Lipinski definition) is 5. The van der Waals surface area contributed by atoms with Gasteiger partial charge in [0.2, 0.25) is 0 Å². The molecule has 2 aliphatic rings. The number of piperidine rings is 1. The molecule has 3 rings (SSSR count). The van der Waals surface area contributed by atoms with Crippen molar-refractivity contribution in [2.24, 2.45) is 10.9 Å². The molecule has 2 heterocycles. The number of rotatable bonds is 3. The third kappa shape index (κ3) is 2.86. The third-order valence-corrected chi connectivity index (χ3v) is 5.07. The number of nitrogens with one attached hydrogen (secondary N) is 1. The van der Waals surface area contributed by atoms with Gasteiger partial charge >= 0.3 is 0 Å². The van der Waals surface area contributed by atoms with Crippen LogP contribution in [0.2, 0.25) is 0 Å². The zero-order chi connectivity index (χ0) is 13.9. The molecule has 1 unspecified atom stereocenters. The van der Waals surface area contributed by atoms with Gasteiger partial charge in [0.05, 0.1) is 16.0 Å². The topological polar surface area (TPSA) is 67.5 Å². The number of benzene rings is 1. The number of aliphatic imine (C=N–C) groups is 1. The minimum Gasteiger partial charge on any atom is -0.317 e. The van der Waals surface area contributed by atoms with E-state index in [0.29, 0.717) is 5.92 Å². The smallest absolute Gasteiger partial charge is 0.269 e. The highest BCUT2D eigenvalue weighted by Crippen LogP contribution is 2.35. The van der Waals surface area contributed by atoms with E-state index in [0.717, 1.165) is 24.4 Å². The number of nitro benzene ring substituents is 1. The molecular weight excluding hydrogens is 274 g/mol. The number of nitrogens with zero attached hydrogens (tertiary/aromatic N) is 2. The minimum absolute atomic E-state index is 0.141. The molecule has 0 saturated carbocycles. The molecule has 0 spiro atoms. The SMILES string of the molecule is O=[N+]([O-])c1ccc(C2CSC(C3CCNCC3)=N2)cc1. The average molecular weight is 291 g/mol. The lowest BCUT2D eigenvalue weighted by molar-refractivity contribution is -0.384. The molecule has 6 heteroatoms. The van der Waals surface area contributed by atoms with Crippen LogP contribution >= 0.6 is 11.8 Å². The van der Waals surface area contributed by atoms with E-state index < -0.39 is 0 Å². The summed E-state index contributed by atoms with van der Waals surface area (Å²) in [6.07, 6.45) is 2.33. The van der Waals surface area contributed by atoms with Crippen molar-refractivity contribution in [2.75, 3.05) is 18.8 Å². The Morgan fingerprint density at radius 1 is 1.25 bits per heavy atom. The summed E-state index contributed by atoms with van der Waals surface area (Å²) >= 11 is 1.85. The van der Waals surface area contributed by atoms with E-state index in [-0.39, 0.29) is 16.7 Å². The molecule has 1 atom stereocenters. The lowest BCUT2D eigenvalue weighted by Crippen LogP contribution is -2.30. The molecule has 1 N–H and O–H groups in total. The van der Waals surface area contributed by atoms with Crippen molar-refractivity contribution in [1.82, 2.24) is 5.32 Å². The van der Waals surface area contributed by atoms with Gasteiger partial charge in [0.1, 0.15) is 0 Å². The summed E-state index contributed by atoms with van der Waals surface area (Å²) in [5.41, 5.74) is 1.22. The summed E-state index contributed by atoms with van der Waals surface area (Å²) in [6, 6.07) is 6.96. The maximum Gasteiger partial charge on any atom is 0.269 e. The number of non-ortho nitro benzene ring substituents is 1. The number of nitro groups is 1. The average Bonchev–Trinajstić information content (AvgIpc) is 2.98. The van der Waals surface area contributed by atoms with Crippen LogP contribution in [-0.2, 0) is 0 Å². The van der Waals surface area contributed by atoms with Crippen LogP contribution in [0.5, 0.6) is 0 Å². The Morgan fingerprint density at radius 3 is 2.60 bits per heavy atom. The van der Waals surface area contributed by atoms with E-state index >= 15 is 0 Å². The highest BCUT2D eigenvalue weighted by Gasteiger charge is 2.27. The zero-order valence-corrected chi connectivity index (χ0v) is 11.9. The molecule has 1 saturated heterocycles. The quantitative estimate of drug-likeness (QED) is 0.687. The van der Waals surface area contributed by atoms with Gasteiger partial charge in [-0.2, -0.15) is 0 Å². The van der Waals surface area contributed by atoms with E-state index in [4.69, 9.17) is 4.99 Å². The Balaban J connectivity index is 1.71. The largest absolute Gasteiger partial charge is 0.317 e. The van der Waals surface area contributed by atoms with E-state index in [9.17, 15) is 10.1 Å². The molecule has 0 aromatic heterocycles. The molecular formula is C14H17N3O2S. The van der Waals surface area contributed by atoms with Gasteiger partial charge in [-0.25, -0.2) is 0 Å². The lowest BCUT2D eigenvalue weighted by atomic mass is 9.99. The Kier molecular flexibility index (Phi) is 4.03. The molecule has 2 aliphatic heterocycles. The molecule has 0 amide bonds. The lowest BCUT2D eigenvalue weighted by Gasteiger charge is -2.21. The van der Waals surface area contributed by atoms with Crippen LogP contribution in [0.1, 0.15) is 24.4 Å². The third-order valence-electron chi connectivity index (χ3n) is 3.85. The van der Waals surface area contributed by atoms with Crippen molar-refractivity contribution in [1.29, 1.82) is 0 Å².